The number of aromatic nitrogens is 3. The van der Waals surface area contributed by atoms with Gasteiger partial charge in [-0.05, 0) is 68.4 Å². The van der Waals surface area contributed by atoms with E-state index < -0.39 is 0 Å². The maximum Gasteiger partial charge on any atom is 0.216 e. The van der Waals surface area contributed by atoms with Crippen LogP contribution in [0.3, 0.4) is 0 Å². The molecule has 0 saturated carbocycles. The first-order chi connectivity index (χ1) is 14.0. The van der Waals surface area contributed by atoms with E-state index in [1.807, 2.05) is 51.1 Å². The third-order valence-electron chi connectivity index (χ3n) is 4.21. The highest BCUT2D eigenvalue weighted by Crippen LogP contribution is 2.27. The third-order valence-corrected chi connectivity index (χ3v) is 4.48. The van der Waals surface area contributed by atoms with Crippen molar-refractivity contribution in [2.45, 2.75) is 27.4 Å². The highest BCUT2D eigenvalue weighted by atomic mass is 32.1. The molecule has 3 rings (SSSR count). The van der Waals surface area contributed by atoms with E-state index >= 15 is 0 Å². The predicted molar refractivity (Wildman–Crippen MR) is 115 cm³/mol. The van der Waals surface area contributed by atoms with Crippen LogP contribution >= 0.6 is 12.2 Å². The molecule has 0 aliphatic rings. The molecule has 0 unspecified atom stereocenters. The number of methoxy groups -OCH3 is 1. The summed E-state index contributed by atoms with van der Waals surface area (Å²) in [6.45, 7) is 6.79. The zero-order valence-corrected chi connectivity index (χ0v) is 17.7. The first kappa shape index (κ1) is 20.6. The number of nitrogens with one attached hydrogen (secondary N) is 1. The summed E-state index contributed by atoms with van der Waals surface area (Å²) in [5.74, 6) is 2.71. The summed E-state index contributed by atoms with van der Waals surface area (Å²) in [5.41, 5.74) is 3.10. The van der Waals surface area contributed by atoms with Crippen molar-refractivity contribution in [1.29, 1.82) is 0 Å². The fraction of sp³-hybridized carbons (Fsp3) is 0.286. The molecule has 0 bridgehead atoms. The SMILES string of the molecule is CCOc1ccc(/C=N\n2c(COc3ccc(C)cc3C)n[nH]c2=S)cc1OC. The van der Waals surface area contributed by atoms with Crippen molar-refractivity contribution >= 4 is 18.4 Å². The van der Waals surface area contributed by atoms with Crippen molar-refractivity contribution in [2.75, 3.05) is 13.7 Å². The molecule has 0 atom stereocenters. The van der Waals surface area contributed by atoms with Crippen LogP contribution in [-0.4, -0.2) is 34.8 Å². The molecule has 29 heavy (non-hydrogen) atoms. The molecule has 0 saturated heterocycles. The van der Waals surface area contributed by atoms with E-state index in [1.54, 1.807) is 18.0 Å². The zero-order valence-electron chi connectivity index (χ0n) is 16.9. The van der Waals surface area contributed by atoms with Crippen LogP contribution in [0.15, 0.2) is 41.5 Å². The molecular weight excluding hydrogens is 388 g/mol. The molecule has 1 N–H and O–H groups in total. The minimum atomic E-state index is 0.237. The number of aryl methyl sites for hydroxylation is 2. The second-order valence-corrected chi connectivity index (χ2v) is 6.79. The smallest absolute Gasteiger partial charge is 0.216 e. The van der Waals surface area contributed by atoms with Crippen LogP contribution < -0.4 is 14.2 Å². The molecule has 1 heterocycles. The van der Waals surface area contributed by atoms with Crippen molar-refractivity contribution in [3.05, 3.63) is 63.7 Å². The third kappa shape index (κ3) is 5.03. The van der Waals surface area contributed by atoms with Crippen molar-refractivity contribution in [2.24, 2.45) is 5.10 Å². The van der Waals surface area contributed by atoms with Crippen LogP contribution in [0, 0.1) is 18.6 Å². The fourth-order valence-corrected chi connectivity index (χ4v) is 3.00. The van der Waals surface area contributed by atoms with Crippen molar-refractivity contribution in [1.82, 2.24) is 14.9 Å². The Morgan fingerprint density at radius 3 is 2.62 bits per heavy atom. The predicted octanol–water partition coefficient (Wildman–Crippen LogP) is 4.43. The largest absolute Gasteiger partial charge is 0.493 e. The van der Waals surface area contributed by atoms with Crippen molar-refractivity contribution < 1.29 is 14.2 Å². The number of rotatable bonds is 8. The Labute approximate surface area is 174 Å². The van der Waals surface area contributed by atoms with Crippen LogP contribution in [0.5, 0.6) is 17.2 Å². The lowest BCUT2D eigenvalue weighted by Crippen LogP contribution is -2.05. The van der Waals surface area contributed by atoms with E-state index in [1.165, 1.54) is 5.56 Å². The van der Waals surface area contributed by atoms with Gasteiger partial charge in [0.05, 0.1) is 19.9 Å². The van der Waals surface area contributed by atoms with Gasteiger partial charge in [-0.25, -0.2) is 5.10 Å². The van der Waals surface area contributed by atoms with Gasteiger partial charge >= 0.3 is 0 Å². The average molecular weight is 413 g/mol. The maximum absolute atomic E-state index is 5.90. The highest BCUT2D eigenvalue weighted by Gasteiger charge is 2.08. The summed E-state index contributed by atoms with van der Waals surface area (Å²) < 4.78 is 18.8. The molecule has 7 nitrogen and oxygen atoms in total. The van der Waals surface area contributed by atoms with Gasteiger partial charge in [-0.15, -0.1) is 0 Å². The molecule has 0 amide bonds. The Kier molecular flexibility index (Phi) is 6.66. The van der Waals surface area contributed by atoms with E-state index in [4.69, 9.17) is 26.4 Å². The second kappa shape index (κ2) is 9.38. The van der Waals surface area contributed by atoms with Gasteiger partial charge in [-0.1, -0.05) is 17.7 Å². The molecule has 0 radical (unpaired) electrons. The van der Waals surface area contributed by atoms with Gasteiger partial charge in [0, 0.05) is 0 Å². The van der Waals surface area contributed by atoms with E-state index in [2.05, 4.69) is 21.4 Å². The number of nitrogens with zero attached hydrogens (tertiary/aromatic N) is 3. The summed E-state index contributed by atoms with van der Waals surface area (Å²) in [6, 6.07) is 11.6. The number of ether oxygens (including phenoxy) is 3. The summed E-state index contributed by atoms with van der Waals surface area (Å²) in [6.07, 6.45) is 1.68. The summed E-state index contributed by atoms with van der Waals surface area (Å²) in [7, 11) is 1.60. The van der Waals surface area contributed by atoms with Gasteiger partial charge in [0.15, 0.2) is 17.3 Å². The topological polar surface area (TPSA) is 73.7 Å². The monoisotopic (exact) mass is 412 g/mol. The molecular formula is C21H24N4O3S. The van der Waals surface area contributed by atoms with Gasteiger partial charge in [-0.2, -0.15) is 14.9 Å². The Morgan fingerprint density at radius 1 is 1.10 bits per heavy atom. The summed E-state index contributed by atoms with van der Waals surface area (Å²) in [5, 5.41) is 11.4. The molecule has 1 aromatic heterocycles. The van der Waals surface area contributed by atoms with Gasteiger partial charge in [0.25, 0.3) is 0 Å². The Hall–Kier alpha value is -3.13. The number of hydrogen-bond donors (Lipinski definition) is 1. The second-order valence-electron chi connectivity index (χ2n) is 6.40. The molecule has 152 valence electrons. The first-order valence-corrected chi connectivity index (χ1v) is 9.64. The van der Waals surface area contributed by atoms with Crippen LogP contribution in [0.4, 0.5) is 0 Å². The fourth-order valence-electron chi connectivity index (χ4n) is 2.80. The van der Waals surface area contributed by atoms with Crippen LogP contribution in [0.25, 0.3) is 0 Å². The minimum Gasteiger partial charge on any atom is -0.493 e. The number of benzene rings is 2. The van der Waals surface area contributed by atoms with E-state index in [0.717, 1.165) is 16.9 Å². The number of aromatic amines is 1. The zero-order chi connectivity index (χ0) is 20.8. The normalized spacial score (nSPS) is 11.0. The van der Waals surface area contributed by atoms with Crippen molar-refractivity contribution in [3.8, 4) is 17.2 Å². The molecule has 0 aliphatic heterocycles. The molecule has 8 heteroatoms. The highest BCUT2D eigenvalue weighted by molar-refractivity contribution is 7.71. The van der Waals surface area contributed by atoms with Gasteiger partial charge < -0.3 is 14.2 Å². The summed E-state index contributed by atoms with van der Waals surface area (Å²) in [4.78, 5) is 0. The van der Waals surface area contributed by atoms with Crippen LogP contribution in [-0.2, 0) is 6.61 Å². The Bertz CT molecular complexity index is 1070. The van der Waals surface area contributed by atoms with Gasteiger partial charge in [0.1, 0.15) is 12.4 Å². The summed E-state index contributed by atoms with van der Waals surface area (Å²) >= 11 is 5.30. The lowest BCUT2D eigenvalue weighted by molar-refractivity contribution is 0.288. The quantitative estimate of drug-likeness (QED) is 0.438. The number of hydrogen-bond acceptors (Lipinski definition) is 6. The van der Waals surface area contributed by atoms with Gasteiger partial charge in [-0.3, -0.25) is 0 Å². The van der Waals surface area contributed by atoms with Crippen LogP contribution in [0.1, 0.15) is 29.4 Å². The Balaban J connectivity index is 1.78. The molecule has 0 spiro atoms. The van der Waals surface area contributed by atoms with Gasteiger partial charge in [0.2, 0.25) is 4.77 Å². The number of H-pyrrole nitrogens is 1. The van der Waals surface area contributed by atoms with E-state index in [-0.39, 0.29) is 6.61 Å². The van der Waals surface area contributed by atoms with Crippen LogP contribution in [0.2, 0.25) is 0 Å². The molecule has 0 fully saturated rings. The molecule has 0 aliphatic carbocycles. The van der Waals surface area contributed by atoms with E-state index in [0.29, 0.717) is 28.7 Å². The van der Waals surface area contributed by atoms with Crippen molar-refractivity contribution in [3.63, 3.8) is 0 Å². The standard InChI is InChI=1S/C21H24N4O3S/c1-5-27-18-9-7-16(11-19(18)26-4)12-22-25-20(23-24-21(25)29)13-28-17-8-6-14(2)10-15(17)3/h6-12H,5,13H2,1-4H3,(H,24,29)/b22-12-. The lowest BCUT2D eigenvalue weighted by atomic mass is 10.1. The molecule has 2 aromatic carbocycles. The minimum absolute atomic E-state index is 0.237. The Morgan fingerprint density at radius 2 is 1.90 bits per heavy atom. The van der Waals surface area contributed by atoms with E-state index in [9.17, 15) is 0 Å². The lowest BCUT2D eigenvalue weighted by Gasteiger charge is -2.10. The molecule has 3 aromatic rings. The maximum atomic E-state index is 5.90. The average Bonchev–Trinajstić information content (AvgIpc) is 3.06. The first-order valence-electron chi connectivity index (χ1n) is 9.23.